The van der Waals surface area contributed by atoms with E-state index in [1.807, 2.05) is 55.5 Å². The average Bonchev–Trinajstić information content (AvgIpc) is 2.55. The van der Waals surface area contributed by atoms with Gasteiger partial charge < -0.3 is 4.74 Å². The predicted molar refractivity (Wildman–Crippen MR) is 95.9 cm³/mol. The number of alkyl halides is 1. The summed E-state index contributed by atoms with van der Waals surface area (Å²) in [6.45, 7) is 4.15. The highest BCUT2D eigenvalue weighted by molar-refractivity contribution is 6.33. The topological polar surface area (TPSA) is 26.3 Å². The van der Waals surface area contributed by atoms with Gasteiger partial charge in [0.25, 0.3) is 0 Å². The maximum Gasteiger partial charge on any atom is 0.306 e. The van der Waals surface area contributed by atoms with Gasteiger partial charge >= 0.3 is 5.97 Å². The van der Waals surface area contributed by atoms with Crippen molar-refractivity contribution in [3.63, 3.8) is 0 Å². The highest BCUT2D eigenvalue weighted by atomic mass is 35.5. The maximum absolute atomic E-state index is 11.6. The first kappa shape index (κ1) is 17.8. The van der Waals surface area contributed by atoms with Gasteiger partial charge in [-0.05, 0) is 30.0 Å². The molecule has 2 aromatic carbocycles. The first-order valence-electron chi connectivity index (χ1n) is 7.67. The molecule has 0 bridgehead atoms. The predicted octanol–water partition coefficient (Wildman–Crippen LogP) is 5.88. The number of ether oxygens (including phenoxy) is 1. The first-order chi connectivity index (χ1) is 11.0. The van der Waals surface area contributed by atoms with E-state index in [-0.39, 0.29) is 17.3 Å². The normalized spacial score (nSPS) is 13.4. The molecule has 0 amide bonds. The summed E-state index contributed by atoms with van der Waals surface area (Å²) in [5, 5.41) is 0.484. The van der Waals surface area contributed by atoms with Crippen LogP contribution in [0.1, 0.15) is 31.2 Å². The molecule has 23 heavy (non-hydrogen) atoms. The fourth-order valence-corrected chi connectivity index (χ4v) is 2.94. The second-order valence-corrected chi connectivity index (χ2v) is 6.37. The number of benzene rings is 2. The Balaban J connectivity index is 2.10. The molecule has 4 heteroatoms. The Morgan fingerprint density at radius 1 is 1.13 bits per heavy atom. The minimum atomic E-state index is -0.236. The van der Waals surface area contributed by atoms with Crippen molar-refractivity contribution in [2.45, 2.75) is 25.6 Å². The first-order valence-corrected chi connectivity index (χ1v) is 8.49. The average molecular weight is 351 g/mol. The lowest BCUT2D eigenvalue weighted by Crippen LogP contribution is -2.13. The molecule has 2 nitrogen and oxygen atoms in total. The smallest absolute Gasteiger partial charge is 0.306 e. The number of rotatable bonds is 6. The molecule has 0 saturated carbocycles. The molecule has 0 fully saturated rings. The van der Waals surface area contributed by atoms with Crippen LogP contribution in [0, 0.1) is 5.92 Å². The summed E-state index contributed by atoms with van der Waals surface area (Å²) in [5.74, 6) is -0.208. The zero-order valence-electron chi connectivity index (χ0n) is 13.3. The van der Waals surface area contributed by atoms with E-state index in [0.29, 0.717) is 13.0 Å². The molecule has 0 aliphatic heterocycles. The van der Waals surface area contributed by atoms with E-state index >= 15 is 0 Å². The van der Waals surface area contributed by atoms with Crippen molar-refractivity contribution in [1.82, 2.24) is 0 Å². The zero-order valence-corrected chi connectivity index (χ0v) is 14.8. The number of esters is 1. The third kappa shape index (κ3) is 4.73. The fourth-order valence-electron chi connectivity index (χ4n) is 2.46. The van der Waals surface area contributed by atoms with Gasteiger partial charge in [0, 0.05) is 17.0 Å². The number of hydrogen-bond donors (Lipinski definition) is 0. The SMILES string of the molecule is CCOC(=O)CC(C)C(Cl)c1ccc(-c2ccccc2Cl)cc1. The van der Waals surface area contributed by atoms with Crippen LogP contribution in [0.25, 0.3) is 11.1 Å². The molecule has 0 spiro atoms. The summed E-state index contributed by atoms with van der Waals surface area (Å²) in [7, 11) is 0. The van der Waals surface area contributed by atoms with Crippen LogP contribution in [0.15, 0.2) is 48.5 Å². The van der Waals surface area contributed by atoms with Crippen molar-refractivity contribution in [2.24, 2.45) is 5.92 Å². The van der Waals surface area contributed by atoms with Gasteiger partial charge in [0.2, 0.25) is 0 Å². The van der Waals surface area contributed by atoms with Crippen molar-refractivity contribution in [3.05, 3.63) is 59.1 Å². The Morgan fingerprint density at radius 3 is 2.39 bits per heavy atom. The minimum Gasteiger partial charge on any atom is -0.466 e. The monoisotopic (exact) mass is 350 g/mol. The van der Waals surface area contributed by atoms with Crippen molar-refractivity contribution >= 4 is 29.2 Å². The van der Waals surface area contributed by atoms with Crippen LogP contribution >= 0.6 is 23.2 Å². The lowest BCUT2D eigenvalue weighted by Gasteiger charge is -2.18. The van der Waals surface area contributed by atoms with Crippen LogP contribution < -0.4 is 0 Å². The minimum absolute atomic E-state index is 0.00174. The largest absolute Gasteiger partial charge is 0.466 e. The third-order valence-corrected chi connectivity index (χ3v) is 4.72. The number of carbonyl (C=O) groups excluding carboxylic acids is 1. The van der Waals surface area contributed by atoms with Crippen molar-refractivity contribution in [2.75, 3.05) is 6.61 Å². The summed E-state index contributed by atoms with van der Waals surface area (Å²) in [6, 6.07) is 15.7. The third-order valence-electron chi connectivity index (χ3n) is 3.71. The Bertz CT molecular complexity index is 653. The molecule has 122 valence electrons. The summed E-state index contributed by atoms with van der Waals surface area (Å²) in [6.07, 6.45) is 0.314. The van der Waals surface area contributed by atoms with Crippen LogP contribution in [0.4, 0.5) is 0 Å². The standard InChI is InChI=1S/C19H20Cl2O2/c1-3-23-18(22)12-13(2)19(21)15-10-8-14(9-11-15)16-6-4-5-7-17(16)20/h4-11,13,19H,3,12H2,1-2H3. The van der Waals surface area contributed by atoms with Crippen LogP contribution in [-0.4, -0.2) is 12.6 Å². The fraction of sp³-hybridized carbons (Fsp3) is 0.316. The van der Waals surface area contributed by atoms with Gasteiger partial charge in [0.05, 0.1) is 12.0 Å². The second kappa shape index (κ2) is 8.37. The van der Waals surface area contributed by atoms with E-state index in [1.54, 1.807) is 6.92 Å². The van der Waals surface area contributed by atoms with Crippen molar-refractivity contribution in [3.8, 4) is 11.1 Å². The van der Waals surface area contributed by atoms with Gasteiger partial charge in [-0.25, -0.2) is 0 Å². The lowest BCUT2D eigenvalue weighted by atomic mass is 9.95. The van der Waals surface area contributed by atoms with Crippen LogP contribution in [0.3, 0.4) is 0 Å². The maximum atomic E-state index is 11.6. The quantitative estimate of drug-likeness (QED) is 0.480. The molecule has 0 N–H and O–H groups in total. The Labute approximate surface area is 147 Å². The molecule has 0 heterocycles. The Kier molecular flexibility index (Phi) is 6.49. The van der Waals surface area contributed by atoms with Gasteiger partial charge in [-0.2, -0.15) is 0 Å². The molecule has 2 aromatic rings. The van der Waals surface area contributed by atoms with Gasteiger partial charge in [-0.1, -0.05) is 61.0 Å². The van der Waals surface area contributed by atoms with E-state index in [4.69, 9.17) is 27.9 Å². The van der Waals surface area contributed by atoms with Crippen LogP contribution in [0.2, 0.25) is 5.02 Å². The highest BCUT2D eigenvalue weighted by Crippen LogP contribution is 2.34. The summed E-state index contributed by atoms with van der Waals surface area (Å²) in [4.78, 5) is 11.6. The van der Waals surface area contributed by atoms with Gasteiger partial charge in [-0.15, -0.1) is 11.6 Å². The molecule has 2 atom stereocenters. The summed E-state index contributed by atoms with van der Waals surface area (Å²) in [5.41, 5.74) is 3.02. The molecular formula is C19H20Cl2O2. The summed E-state index contributed by atoms with van der Waals surface area (Å²) >= 11 is 12.7. The molecule has 2 rings (SSSR count). The number of hydrogen-bond acceptors (Lipinski definition) is 2. The van der Waals surface area contributed by atoms with E-state index in [9.17, 15) is 4.79 Å². The Hall–Kier alpha value is -1.51. The summed E-state index contributed by atoms with van der Waals surface area (Å²) < 4.78 is 4.98. The van der Waals surface area contributed by atoms with Crippen molar-refractivity contribution in [1.29, 1.82) is 0 Å². The molecule has 0 aliphatic rings. The van der Waals surface area contributed by atoms with E-state index in [0.717, 1.165) is 21.7 Å². The van der Waals surface area contributed by atoms with Gasteiger partial charge in [0.15, 0.2) is 0 Å². The van der Waals surface area contributed by atoms with Crippen molar-refractivity contribution < 1.29 is 9.53 Å². The molecule has 0 saturated heterocycles. The van der Waals surface area contributed by atoms with Gasteiger partial charge in [-0.3, -0.25) is 4.79 Å². The van der Waals surface area contributed by atoms with E-state index < -0.39 is 0 Å². The molecule has 0 radical (unpaired) electrons. The molecule has 0 aromatic heterocycles. The van der Waals surface area contributed by atoms with Crippen LogP contribution in [-0.2, 0) is 9.53 Å². The Morgan fingerprint density at radius 2 is 1.78 bits per heavy atom. The number of halogens is 2. The molecular weight excluding hydrogens is 331 g/mol. The van der Waals surface area contributed by atoms with Crippen LogP contribution in [0.5, 0.6) is 0 Å². The lowest BCUT2D eigenvalue weighted by molar-refractivity contribution is -0.144. The molecule has 0 aliphatic carbocycles. The highest BCUT2D eigenvalue weighted by Gasteiger charge is 2.20. The number of carbonyl (C=O) groups is 1. The second-order valence-electron chi connectivity index (χ2n) is 5.49. The van der Waals surface area contributed by atoms with E-state index in [2.05, 4.69) is 0 Å². The zero-order chi connectivity index (χ0) is 16.8. The van der Waals surface area contributed by atoms with Gasteiger partial charge in [0.1, 0.15) is 0 Å². The van der Waals surface area contributed by atoms with E-state index in [1.165, 1.54) is 0 Å². The molecule has 2 unspecified atom stereocenters.